The molecule has 16 heavy (non-hydrogen) atoms. The van der Waals surface area contributed by atoms with Crippen LogP contribution >= 0.6 is 15.9 Å². The molecule has 0 saturated heterocycles. The van der Waals surface area contributed by atoms with E-state index in [4.69, 9.17) is 0 Å². The summed E-state index contributed by atoms with van der Waals surface area (Å²) in [5.41, 5.74) is 2.08. The fourth-order valence-corrected chi connectivity index (χ4v) is 2.03. The molecule has 0 unspecified atom stereocenters. The minimum Gasteiger partial charge on any atom is -0.300 e. The third kappa shape index (κ3) is 1.51. The molecule has 0 saturated carbocycles. The number of fused-ring (bicyclic) bond motifs is 1. The summed E-state index contributed by atoms with van der Waals surface area (Å²) in [5.74, 6) is 0.913. The van der Waals surface area contributed by atoms with Gasteiger partial charge in [0.25, 0.3) is 0 Å². The molecule has 3 aromatic heterocycles. The Labute approximate surface area is 101 Å². The van der Waals surface area contributed by atoms with Crippen molar-refractivity contribution >= 4 is 21.4 Å². The van der Waals surface area contributed by atoms with Gasteiger partial charge in [0, 0.05) is 28.6 Å². The third-order valence-electron chi connectivity index (χ3n) is 2.41. The zero-order chi connectivity index (χ0) is 11.0. The number of hydrogen-bond donors (Lipinski definition) is 0. The minimum absolute atomic E-state index is 0.913. The monoisotopic (exact) mass is 273 g/mol. The van der Waals surface area contributed by atoms with Crippen molar-refractivity contribution < 1.29 is 0 Å². The van der Waals surface area contributed by atoms with Crippen molar-refractivity contribution in [3.8, 4) is 11.4 Å². The van der Waals surface area contributed by atoms with E-state index >= 15 is 0 Å². The first kappa shape index (κ1) is 9.54. The number of halogens is 1. The van der Waals surface area contributed by atoms with E-state index in [9.17, 15) is 0 Å². The van der Waals surface area contributed by atoms with Crippen LogP contribution in [0.3, 0.4) is 0 Å². The number of nitrogens with zero attached hydrogens (tertiary/aromatic N) is 3. The van der Waals surface area contributed by atoms with Crippen molar-refractivity contribution in [1.29, 1.82) is 0 Å². The molecule has 0 spiro atoms. The van der Waals surface area contributed by atoms with Gasteiger partial charge in [-0.15, -0.1) is 0 Å². The van der Waals surface area contributed by atoms with Gasteiger partial charge in [-0.05, 0) is 24.3 Å². The number of rotatable bonds is 1. The average Bonchev–Trinajstić information content (AvgIpc) is 2.73. The van der Waals surface area contributed by atoms with Gasteiger partial charge in [-0.1, -0.05) is 15.9 Å². The lowest BCUT2D eigenvalue weighted by atomic mass is 10.3. The molecule has 3 nitrogen and oxygen atoms in total. The molecule has 0 aliphatic rings. The van der Waals surface area contributed by atoms with Crippen molar-refractivity contribution in [2.45, 2.75) is 0 Å². The van der Waals surface area contributed by atoms with E-state index in [1.807, 2.05) is 47.3 Å². The molecule has 0 aliphatic carbocycles. The molecule has 0 bridgehead atoms. The Bertz CT molecular complexity index is 631. The zero-order valence-corrected chi connectivity index (χ0v) is 9.92. The molecule has 0 amide bonds. The highest BCUT2D eigenvalue weighted by molar-refractivity contribution is 9.10. The Morgan fingerprint density at radius 2 is 2.12 bits per heavy atom. The maximum Gasteiger partial charge on any atom is 0.146 e. The fourth-order valence-electron chi connectivity index (χ4n) is 1.68. The van der Waals surface area contributed by atoms with Gasteiger partial charge in [0.2, 0.25) is 0 Å². The summed E-state index contributed by atoms with van der Waals surface area (Å²) in [5, 5.41) is 0. The Balaban J connectivity index is 2.26. The van der Waals surface area contributed by atoms with Crippen molar-refractivity contribution in [3.05, 3.63) is 53.5 Å². The van der Waals surface area contributed by atoms with E-state index in [2.05, 4.69) is 25.9 Å². The zero-order valence-electron chi connectivity index (χ0n) is 8.34. The summed E-state index contributed by atoms with van der Waals surface area (Å²) in [6.45, 7) is 0. The molecule has 0 aliphatic heterocycles. The number of aromatic nitrogens is 3. The highest BCUT2D eigenvalue weighted by atomic mass is 79.9. The van der Waals surface area contributed by atoms with Crippen LogP contribution in [0.2, 0.25) is 0 Å². The van der Waals surface area contributed by atoms with Gasteiger partial charge < -0.3 is 0 Å². The van der Waals surface area contributed by atoms with Crippen molar-refractivity contribution in [2.75, 3.05) is 0 Å². The van der Waals surface area contributed by atoms with E-state index < -0.39 is 0 Å². The third-order valence-corrected chi connectivity index (χ3v) is 2.91. The van der Waals surface area contributed by atoms with Crippen LogP contribution in [0.25, 0.3) is 16.9 Å². The Hall–Kier alpha value is -1.68. The predicted octanol–water partition coefficient (Wildman–Crippen LogP) is 3.16. The van der Waals surface area contributed by atoms with Gasteiger partial charge in [0.1, 0.15) is 5.82 Å². The standard InChI is InChI=1S/C12H8BrN3/c13-10-3-5-16-11(6-10)8-15-12(16)9-2-1-4-14-7-9/h1-8H. The summed E-state index contributed by atoms with van der Waals surface area (Å²) < 4.78 is 3.10. The van der Waals surface area contributed by atoms with Gasteiger partial charge >= 0.3 is 0 Å². The maximum absolute atomic E-state index is 4.41. The molecule has 0 N–H and O–H groups in total. The summed E-state index contributed by atoms with van der Waals surface area (Å²) in [6, 6.07) is 7.94. The average molecular weight is 274 g/mol. The van der Waals surface area contributed by atoms with Crippen LogP contribution in [0.4, 0.5) is 0 Å². The molecule has 3 heterocycles. The second-order valence-electron chi connectivity index (χ2n) is 3.46. The first-order valence-corrected chi connectivity index (χ1v) is 5.67. The van der Waals surface area contributed by atoms with Crippen molar-refractivity contribution in [3.63, 3.8) is 0 Å². The predicted molar refractivity (Wildman–Crippen MR) is 66.1 cm³/mol. The second-order valence-corrected chi connectivity index (χ2v) is 4.38. The fraction of sp³-hybridized carbons (Fsp3) is 0. The number of pyridine rings is 2. The highest BCUT2D eigenvalue weighted by Gasteiger charge is 2.05. The van der Waals surface area contributed by atoms with Crippen LogP contribution in [0.1, 0.15) is 0 Å². The van der Waals surface area contributed by atoms with E-state index in [0.717, 1.165) is 21.4 Å². The largest absolute Gasteiger partial charge is 0.300 e. The Morgan fingerprint density at radius 1 is 1.19 bits per heavy atom. The molecule has 0 atom stereocenters. The van der Waals surface area contributed by atoms with E-state index in [1.165, 1.54) is 0 Å². The molecule has 4 heteroatoms. The lowest BCUT2D eigenvalue weighted by Gasteiger charge is -2.00. The summed E-state index contributed by atoms with van der Waals surface area (Å²) >= 11 is 3.44. The van der Waals surface area contributed by atoms with Gasteiger partial charge in [0.05, 0.1) is 11.7 Å². The Kier molecular flexibility index (Phi) is 2.22. The van der Waals surface area contributed by atoms with Gasteiger partial charge in [0.15, 0.2) is 0 Å². The summed E-state index contributed by atoms with van der Waals surface area (Å²) in [7, 11) is 0. The maximum atomic E-state index is 4.41. The van der Waals surface area contributed by atoms with Crippen molar-refractivity contribution in [1.82, 2.24) is 14.4 Å². The van der Waals surface area contributed by atoms with E-state index in [-0.39, 0.29) is 0 Å². The first-order chi connectivity index (χ1) is 7.84. The normalized spacial score (nSPS) is 10.8. The Morgan fingerprint density at radius 3 is 2.94 bits per heavy atom. The topological polar surface area (TPSA) is 30.2 Å². The molecule has 0 radical (unpaired) electrons. The molecular formula is C12H8BrN3. The quantitative estimate of drug-likeness (QED) is 0.682. The molecule has 3 aromatic rings. The lowest BCUT2D eigenvalue weighted by molar-refractivity contribution is 1.15. The second kappa shape index (κ2) is 3.72. The van der Waals surface area contributed by atoms with Gasteiger partial charge in [-0.25, -0.2) is 4.98 Å². The van der Waals surface area contributed by atoms with Crippen LogP contribution in [0, 0.1) is 0 Å². The molecule has 0 fully saturated rings. The van der Waals surface area contributed by atoms with Crippen LogP contribution in [-0.2, 0) is 0 Å². The van der Waals surface area contributed by atoms with E-state index in [0.29, 0.717) is 0 Å². The van der Waals surface area contributed by atoms with Crippen LogP contribution in [-0.4, -0.2) is 14.4 Å². The van der Waals surface area contributed by atoms with Gasteiger partial charge in [-0.3, -0.25) is 9.38 Å². The molecule has 78 valence electrons. The number of imidazole rings is 1. The van der Waals surface area contributed by atoms with E-state index in [1.54, 1.807) is 6.20 Å². The summed E-state index contributed by atoms with van der Waals surface area (Å²) in [6.07, 6.45) is 7.43. The van der Waals surface area contributed by atoms with Crippen LogP contribution < -0.4 is 0 Å². The number of hydrogen-bond acceptors (Lipinski definition) is 2. The molecular weight excluding hydrogens is 266 g/mol. The first-order valence-electron chi connectivity index (χ1n) is 4.87. The van der Waals surface area contributed by atoms with Crippen LogP contribution in [0.15, 0.2) is 53.5 Å². The highest BCUT2D eigenvalue weighted by Crippen LogP contribution is 2.20. The smallest absolute Gasteiger partial charge is 0.146 e. The SMILES string of the molecule is Brc1ccn2c(-c3cccnc3)ncc2c1. The minimum atomic E-state index is 0.913. The van der Waals surface area contributed by atoms with Gasteiger partial charge in [-0.2, -0.15) is 0 Å². The molecule has 3 rings (SSSR count). The molecule has 0 aromatic carbocycles. The van der Waals surface area contributed by atoms with Crippen molar-refractivity contribution in [2.24, 2.45) is 0 Å². The lowest BCUT2D eigenvalue weighted by Crippen LogP contribution is -1.89. The van der Waals surface area contributed by atoms with Crippen LogP contribution in [0.5, 0.6) is 0 Å². The summed E-state index contributed by atoms with van der Waals surface area (Å²) in [4.78, 5) is 8.51.